The Morgan fingerprint density at radius 2 is 2.12 bits per heavy atom. The molecule has 4 aromatic rings. The fraction of sp³-hybridized carbons (Fsp3) is 0.167. The molecule has 0 atom stereocenters. The number of thiazole rings is 1. The van der Waals surface area contributed by atoms with Gasteiger partial charge in [0.25, 0.3) is 5.56 Å². The van der Waals surface area contributed by atoms with E-state index in [9.17, 15) is 4.79 Å². The second-order valence-corrected chi connectivity index (χ2v) is 7.37. The van der Waals surface area contributed by atoms with Gasteiger partial charge in [0.05, 0.1) is 16.0 Å². The van der Waals surface area contributed by atoms with E-state index in [2.05, 4.69) is 17.0 Å². The Hall–Kier alpha value is -2.51. The summed E-state index contributed by atoms with van der Waals surface area (Å²) < 4.78 is 7.73. The van der Waals surface area contributed by atoms with Crippen molar-refractivity contribution in [1.82, 2.24) is 14.6 Å². The molecule has 0 aliphatic rings. The van der Waals surface area contributed by atoms with E-state index in [-0.39, 0.29) is 5.56 Å². The molecule has 0 radical (unpaired) electrons. The summed E-state index contributed by atoms with van der Waals surface area (Å²) >= 11 is 2.90. The molecule has 3 aromatic heterocycles. The van der Waals surface area contributed by atoms with Gasteiger partial charge in [-0.15, -0.1) is 16.4 Å². The first-order chi connectivity index (χ1) is 12.3. The Kier molecular flexibility index (Phi) is 4.33. The molecule has 0 amide bonds. The van der Waals surface area contributed by atoms with Crippen LogP contribution in [0.3, 0.4) is 0 Å². The van der Waals surface area contributed by atoms with E-state index in [1.165, 1.54) is 15.9 Å². The van der Waals surface area contributed by atoms with Crippen LogP contribution in [0.2, 0.25) is 0 Å². The lowest BCUT2D eigenvalue weighted by molar-refractivity contribution is 0.317. The first-order valence-electron chi connectivity index (χ1n) is 7.93. The van der Waals surface area contributed by atoms with Gasteiger partial charge in [0.15, 0.2) is 5.82 Å². The van der Waals surface area contributed by atoms with Crippen LogP contribution in [0.25, 0.3) is 21.7 Å². The average molecular weight is 369 g/mol. The fourth-order valence-electron chi connectivity index (χ4n) is 2.43. The molecule has 0 spiro atoms. The molecule has 0 N–H and O–H groups in total. The van der Waals surface area contributed by atoms with Crippen molar-refractivity contribution in [3.63, 3.8) is 0 Å². The molecule has 126 valence electrons. The van der Waals surface area contributed by atoms with Gasteiger partial charge in [0, 0.05) is 5.56 Å². The number of thiophene rings is 1. The van der Waals surface area contributed by atoms with Gasteiger partial charge in [-0.05, 0) is 30.0 Å². The number of hydrogen-bond donors (Lipinski definition) is 0. The van der Waals surface area contributed by atoms with Gasteiger partial charge in [0.1, 0.15) is 5.75 Å². The Bertz CT molecular complexity index is 1110. The summed E-state index contributed by atoms with van der Waals surface area (Å²) in [6.45, 7) is 2.71. The topological polar surface area (TPSA) is 56.5 Å². The van der Waals surface area contributed by atoms with E-state index in [0.717, 1.165) is 22.6 Å². The van der Waals surface area contributed by atoms with Crippen LogP contribution < -0.4 is 14.8 Å². The number of rotatable bonds is 5. The number of nitrogens with zero attached hydrogens (tertiary/aromatic N) is 3. The van der Waals surface area contributed by atoms with Gasteiger partial charge in [-0.2, -0.15) is 9.50 Å². The Balaban J connectivity index is 1.78. The summed E-state index contributed by atoms with van der Waals surface area (Å²) in [4.78, 5) is 18.7. The Labute approximate surface area is 151 Å². The third-order valence-electron chi connectivity index (χ3n) is 3.59. The van der Waals surface area contributed by atoms with Crippen LogP contribution in [0.1, 0.15) is 18.9 Å². The van der Waals surface area contributed by atoms with E-state index in [1.54, 1.807) is 11.3 Å². The maximum Gasteiger partial charge on any atom is 0.291 e. The molecule has 0 saturated carbocycles. The van der Waals surface area contributed by atoms with Gasteiger partial charge < -0.3 is 4.74 Å². The molecule has 3 heterocycles. The minimum atomic E-state index is -0.152. The summed E-state index contributed by atoms with van der Waals surface area (Å²) in [7, 11) is 0. The second-order valence-electron chi connectivity index (χ2n) is 5.41. The van der Waals surface area contributed by atoms with Crippen molar-refractivity contribution < 1.29 is 4.74 Å². The first-order valence-corrected chi connectivity index (χ1v) is 9.63. The molecule has 0 fully saturated rings. The largest absolute Gasteiger partial charge is 0.493 e. The highest BCUT2D eigenvalue weighted by Crippen LogP contribution is 2.22. The van der Waals surface area contributed by atoms with Crippen LogP contribution in [0.4, 0.5) is 0 Å². The highest BCUT2D eigenvalue weighted by atomic mass is 32.1. The van der Waals surface area contributed by atoms with E-state index >= 15 is 0 Å². The summed E-state index contributed by atoms with van der Waals surface area (Å²) in [6, 6.07) is 11.6. The molecule has 0 aliphatic carbocycles. The summed E-state index contributed by atoms with van der Waals surface area (Å²) in [5, 5.41) is 6.32. The van der Waals surface area contributed by atoms with Gasteiger partial charge >= 0.3 is 0 Å². The molecule has 1 aromatic carbocycles. The quantitative estimate of drug-likeness (QED) is 0.542. The van der Waals surface area contributed by atoms with Crippen molar-refractivity contribution in [2.75, 3.05) is 6.61 Å². The molecule has 7 heteroatoms. The zero-order valence-electron chi connectivity index (χ0n) is 13.5. The molecule has 0 bridgehead atoms. The van der Waals surface area contributed by atoms with E-state index in [0.29, 0.717) is 21.9 Å². The summed E-state index contributed by atoms with van der Waals surface area (Å²) in [6.07, 6.45) is 2.78. The highest BCUT2D eigenvalue weighted by Gasteiger charge is 2.12. The van der Waals surface area contributed by atoms with Crippen LogP contribution in [-0.2, 0) is 0 Å². The number of ether oxygens (including phenoxy) is 1. The smallest absolute Gasteiger partial charge is 0.291 e. The zero-order chi connectivity index (χ0) is 17.2. The van der Waals surface area contributed by atoms with Crippen LogP contribution in [0.5, 0.6) is 5.75 Å². The van der Waals surface area contributed by atoms with Crippen molar-refractivity contribution in [1.29, 1.82) is 0 Å². The highest BCUT2D eigenvalue weighted by molar-refractivity contribution is 7.15. The van der Waals surface area contributed by atoms with Gasteiger partial charge in [-0.25, -0.2) is 0 Å². The minimum absolute atomic E-state index is 0.152. The standard InChI is InChI=1S/C18H15N3O2S2/c1-2-9-23-13-7-4-3-6-12(13)11-15-17(22)21-18(25-15)19-16(20-21)14-8-5-10-24-14/h3-8,10-11H,2,9H2,1H3/b15-11-. The maximum atomic E-state index is 12.6. The van der Waals surface area contributed by atoms with Crippen LogP contribution >= 0.6 is 22.7 Å². The molecule has 5 nitrogen and oxygen atoms in total. The van der Waals surface area contributed by atoms with Gasteiger partial charge in [0.2, 0.25) is 4.96 Å². The minimum Gasteiger partial charge on any atom is -0.493 e. The predicted octanol–water partition coefficient (Wildman–Crippen LogP) is 3.22. The lowest BCUT2D eigenvalue weighted by Gasteiger charge is -2.07. The van der Waals surface area contributed by atoms with Gasteiger partial charge in [-0.1, -0.05) is 42.5 Å². The van der Waals surface area contributed by atoms with Crippen molar-refractivity contribution in [2.24, 2.45) is 0 Å². The Morgan fingerprint density at radius 3 is 2.88 bits per heavy atom. The number of aromatic nitrogens is 3. The van der Waals surface area contributed by atoms with Crippen molar-refractivity contribution in [3.8, 4) is 16.5 Å². The number of fused-ring (bicyclic) bond motifs is 1. The van der Waals surface area contributed by atoms with Crippen molar-refractivity contribution >= 4 is 33.7 Å². The zero-order valence-corrected chi connectivity index (χ0v) is 15.1. The van der Waals surface area contributed by atoms with E-state index in [1.807, 2.05) is 47.9 Å². The average Bonchev–Trinajstić information content (AvgIpc) is 3.33. The van der Waals surface area contributed by atoms with E-state index in [4.69, 9.17) is 4.74 Å². The lowest BCUT2D eigenvalue weighted by atomic mass is 10.2. The molecular weight excluding hydrogens is 354 g/mol. The SMILES string of the molecule is CCCOc1ccccc1/C=c1\sc2nc(-c3cccs3)nn2c1=O. The van der Waals surface area contributed by atoms with Crippen molar-refractivity contribution in [2.45, 2.75) is 13.3 Å². The fourth-order valence-corrected chi connectivity index (χ4v) is 3.98. The maximum absolute atomic E-state index is 12.6. The van der Waals surface area contributed by atoms with Crippen LogP contribution in [0.15, 0.2) is 46.6 Å². The number of hydrogen-bond acceptors (Lipinski definition) is 6. The predicted molar refractivity (Wildman–Crippen MR) is 101 cm³/mol. The van der Waals surface area contributed by atoms with E-state index < -0.39 is 0 Å². The number of para-hydroxylation sites is 1. The molecule has 25 heavy (non-hydrogen) atoms. The summed E-state index contributed by atoms with van der Waals surface area (Å²) in [5.74, 6) is 1.37. The second kappa shape index (κ2) is 6.78. The number of benzene rings is 1. The summed E-state index contributed by atoms with van der Waals surface area (Å²) in [5.41, 5.74) is 0.733. The molecular formula is C18H15N3O2S2. The van der Waals surface area contributed by atoms with Crippen LogP contribution in [-0.4, -0.2) is 21.2 Å². The molecule has 0 saturated heterocycles. The molecule has 4 rings (SSSR count). The van der Waals surface area contributed by atoms with Gasteiger partial charge in [-0.3, -0.25) is 4.79 Å². The van der Waals surface area contributed by atoms with Crippen molar-refractivity contribution in [3.05, 3.63) is 62.2 Å². The third kappa shape index (κ3) is 3.08. The first kappa shape index (κ1) is 16.0. The lowest BCUT2D eigenvalue weighted by Crippen LogP contribution is -2.23. The Morgan fingerprint density at radius 1 is 1.24 bits per heavy atom. The monoisotopic (exact) mass is 369 g/mol. The molecule has 0 unspecified atom stereocenters. The normalized spacial score (nSPS) is 12.1. The molecule has 0 aliphatic heterocycles. The van der Waals surface area contributed by atoms with Crippen LogP contribution in [0, 0.1) is 0 Å². The third-order valence-corrected chi connectivity index (χ3v) is 5.42.